The Morgan fingerprint density at radius 1 is 0.781 bits per heavy atom. The highest BCUT2D eigenvalue weighted by Gasteiger charge is 2.35. The first-order valence-corrected chi connectivity index (χ1v) is 10.1. The number of imide groups is 1. The Morgan fingerprint density at radius 2 is 1.50 bits per heavy atom. The largest absolute Gasteiger partial charge is 0.326 e. The van der Waals surface area contributed by atoms with Crippen LogP contribution in [0.15, 0.2) is 89.6 Å². The minimum absolute atomic E-state index is 0.113. The number of carbonyl (C=O) groups excluding carboxylic acids is 3. The smallest absolute Gasteiger partial charge is 0.325 e. The lowest BCUT2D eigenvalue weighted by Gasteiger charge is -2.14. The number of nitrogens with zero attached hydrogens (tertiary/aromatic N) is 1. The van der Waals surface area contributed by atoms with Crippen molar-refractivity contribution in [2.45, 2.75) is 5.92 Å². The number of para-hydroxylation sites is 1. The van der Waals surface area contributed by atoms with Crippen molar-refractivity contribution in [3.8, 4) is 0 Å². The molecule has 7 nitrogen and oxygen atoms in total. The molecule has 1 saturated heterocycles. The minimum atomic E-state index is -0.537. The van der Waals surface area contributed by atoms with Crippen molar-refractivity contribution in [2.24, 2.45) is 4.99 Å². The molecule has 3 aromatic rings. The highest BCUT2D eigenvalue weighted by atomic mass is 16.2. The van der Waals surface area contributed by atoms with E-state index in [-0.39, 0.29) is 11.6 Å². The molecule has 1 unspecified atom stereocenters. The van der Waals surface area contributed by atoms with Gasteiger partial charge in [0.2, 0.25) is 5.91 Å². The van der Waals surface area contributed by atoms with Crippen LogP contribution in [-0.2, 0) is 9.59 Å². The van der Waals surface area contributed by atoms with E-state index in [1.807, 2.05) is 66.7 Å². The lowest BCUT2D eigenvalue weighted by atomic mass is 9.90. The van der Waals surface area contributed by atoms with Gasteiger partial charge in [0.05, 0.1) is 11.4 Å². The SMILES string of the molecule is O=C1NC(=O)C(=Cc2ccc(N=C(c3ccccc3)C3C(=O)Nc4ccccc43)cc2)N1. The van der Waals surface area contributed by atoms with E-state index < -0.39 is 17.9 Å². The predicted molar refractivity (Wildman–Crippen MR) is 122 cm³/mol. The van der Waals surface area contributed by atoms with Crippen LogP contribution in [-0.4, -0.2) is 23.6 Å². The molecular formula is C25H18N4O3. The maximum absolute atomic E-state index is 12.9. The van der Waals surface area contributed by atoms with Crippen molar-refractivity contribution in [3.05, 3.63) is 101 Å². The zero-order valence-electron chi connectivity index (χ0n) is 16.8. The third-order valence-corrected chi connectivity index (χ3v) is 5.31. The Labute approximate surface area is 183 Å². The van der Waals surface area contributed by atoms with Gasteiger partial charge in [-0.25, -0.2) is 4.79 Å². The van der Waals surface area contributed by atoms with Crippen molar-refractivity contribution in [1.29, 1.82) is 0 Å². The minimum Gasteiger partial charge on any atom is -0.325 e. The van der Waals surface area contributed by atoms with Crippen LogP contribution in [0.4, 0.5) is 16.2 Å². The van der Waals surface area contributed by atoms with Crippen molar-refractivity contribution in [3.63, 3.8) is 0 Å². The van der Waals surface area contributed by atoms with Crippen LogP contribution in [0.3, 0.4) is 0 Å². The number of amides is 4. The summed E-state index contributed by atoms with van der Waals surface area (Å²) in [6, 6.07) is 23.9. The van der Waals surface area contributed by atoms with Crippen molar-refractivity contribution in [2.75, 3.05) is 5.32 Å². The second-order valence-electron chi connectivity index (χ2n) is 7.43. The molecule has 2 aliphatic rings. The van der Waals surface area contributed by atoms with E-state index in [0.717, 1.165) is 22.4 Å². The quantitative estimate of drug-likeness (QED) is 0.339. The van der Waals surface area contributed by atoms with Gasteiger partial charge in [-0.15, -0.1) is 0 Å². The lowest BCUT2D eigenvalue weighted by Crippen LogP contribution is -2.22. The number of carbonyl (C=O) groups is 3. The molecule has 2 heterocycles. The van der Waals surface area contributed by atoms with Crippen LogP contribution >= 0.6 is 0 Å². The molecule has 2 aliphatic heterocycles. The molecule has 1 fully saturated rings. The summed E-state index contributed by atoms with van der Waals surface area (Å²) in [5, 5.41) is 7.57. The van der Waals surface area contributed by atoms with Gasteiger partial charge in [0.25, 0.3) is 5.91 Å². The summed E-state index contributed by atoms with van der Waals surface area (Å²) < 4.78 is 0. The average molecular weight is 422 g/mol. The van der Waals surface area contributed by atoms with Crippen LogP contribution in [0, 0.1) is 0 Å². The van der Waals surface area contributed by atoms with E-state index in [9.17, 15) is 14.4 Å². The summed E-state index contributed by atoms with van der Waals surface area (Å²) in [5.41, 5.74) is 4.80. The van der Waals surface area contributed by atoms with Crippen LogP contribution < -0.4 is 16.0 Å². The fourth-order valence-corrected chi connectivity index (χ4v) is 3.82. The van der Waals surface area contributed by atoms with E-state index in [4.69, 9.17) is 4.99 Å². The molecule has 0 radical (unpaired) electrons. The summed E-state index contributed by atoms with van der Waals surface area (Å²) in [6.07, 6.45) is 1.59. The number of benzene rings is 3. The Hall–Kier alpha value is -4.52. The van der Waals surface area contributed by atoms with Crippen molar-refractivity contribution >= 4 is 41.0 Å². The van der Waals surface area contributed by atoms with Gasteiger partial charge in [-0.2, -0.15) is 0 Å². The van der Waals surface area contributed by atoms with Crippen molar-refractivity contribution in [1.82, 2.24) is 10.6 Å². The Morgan fingerprint density at radius 3 is 2.22 bits per heavy atom. The summed E-state index contributed by atoms with van der Waals surface area (Å²) in [5.74, 6) is -1.10. The molecular weight excluding hydrogens is 404 g/mol. The van der Waals surface area contributed by atoms with Gasteiger partial charge in [-0.05, 0) is 41.0 Å². The van der Waals surface area contributed by atoms with Gasteiger partial charge in [0.15, 0.2) is 0 Å². The number of hydrogen-bond donors (Lipinski definition) is 3. The topological polar surface area (TPSA) is 99.7 Å². The van der Waals surface area contributed by atoms with E-state index >= 15 is 0 Å². The fourth-order valence-electron chi connectivity index (χ4n) is 3.82. The molecule has 156 valence electrons. The number of nitrogens with one attached hydrogen (secondary N) is 3. The number of rotatable bonds is 4. The number of hydrogen-bond acceptors (Lipinski definition) is 4. The van der Waals surface area contributed by atoms with Gasteiger partial charge >= 0.3 is 6.03 Å². The average Bonchev–Trinajstić information content (AvgIpc) is 3.30. The Bertz CT molecular complexity index is 1290. The standard InChI is InChI=1S/C25H18N4O3/c30-23-20(28-25(32)29-23)14-15-10-12-17(13-11-15)26-22(16-6-2-1-3-7-16)21-18-8-4-5-9-19(18)27-24(21)31/h1-14,21H,(H,27,31)(H2,28,29,30,32). The van der Waals surface area contributed by atoms with Gasteiger partial charge in [0, 0.05) is 5.69 Å². The van der Waals surface area contributed by atoms with Crippen LogP contribution in [0.25, 0.3) is 6.08 Å². The summed E-state index contributed by atoms with van der Waals surface area (Å²) in [4.78, 5) is 40.7. The Kier molecular flexibility index (Phi) is 4.84. The summed E-state index contributed by atoms with van der Waals surface area (Å²) >= 11 is 0. The molecule has 3 N–H and O–H groups in total. The monoisotopic (exact) mass is 422 g/mol. The second-order valence-corrected chi connectivity index (χ2v) is 7.43. The number of urea groups is 1. The molecule has 5 rings (SSSR count). The van der Waals surface area contributed by atoms with E-state index in [2.05, 4.69) is 16.0 Å². The molecule has 0 aromatic heterocycles. The van der Waals surface area contributed by atoms with E-state index in [1.54, 1.807) is 18.2 Å². The molecule has 0 spiro atoms. The van der Waals surface area contributed by atoms with E-state index in [1.165, 1.54) is 0 Å². The Balaban J connectivity index is 1.52. The zero-order valence-corrected chi connectivity index (χ0v) is 16.8. The molecule has 0 bridgehead atoms. The molecule has 32 heavy (non-hydrogen) atoms. The highest BCUT2D eigenvalue weighted by molar-refractivity contribution is 6.24. The van der Waals surface area contributed by atoms with Gasteiger partial charge < -0.3 is 10.6 Å². The maximum atomic E-state index is 12.9. The van der Waals surface area contributed by atoms with Crippen LogP contribution in [0.2, 0.25) is 0 Å². The number of fused-ring (bicyclic) bond motifs is 1. The molecule has 1 atom stereocenters. The second kappa shape index (κ2) is 7.96. The van der Waals surface area contributed by atoms with E-state index in [0.29, 0.717) is 11.4 Å². The third kappa shape index (κ3) is 3.67. The highest BCUT2D eigenvalue weighted by Crippen LogP contribution is 2.36. The maximum Gasteiger partial charge on any atom is 0.326 e. The third-order valence-electron chi connectivity index (χ3n) is 5.31. The number of anilines is 1. The van der Waals surface area contributed by atoms with Crippen LogP contribution in [0.1, 0.15) is 22.6 Å². The summed E-state index contributed by atoms with van der Waals surface area (Å²) in [7, 11) is 0. The number of aliphatic imine (C=N–C) groups is 1. The first-order chi connectivity index (χ1) is 15.6. The fraction of sp³-hybridized carbons (Fsp3) is 0.0400. The van der Waals surface area contributed by atoms with Crippen molar-refractivity contribution < 1.29 is 14.4 Å². The lowest BCUT2D eigenvalue weighted by molar-refractivity contribution is -0.116. The molecule has 7 heteroatoms. The molecule has 0 aliphatic carbocycles. The first-order valence-electron chi connectivity index (χ1n) is 10.1. The first kappa shape index (κ1) is 19.4. The zero-order chi connectivity index (χ0) is 22.1. The van der Waals surface area contributed by atoms with Gasteiger partial charge in [-0.1, -0.05) is 60.7 Å². The normalized spacial score (nSPS) is 18.9. The summed E-state index contributed by atoms with van der Waals surface area (Å²) in [6.45, 7) is 0. The molecule has 4 amide bonds. The predicted octanol–water partition coefficient (Wildman–Crippen LogP) is 3.72. The van der Waals surface area contributed by atoms with Gasteiger partial charge in [0.1, 0.15) is 11.6 Å². The van der Waals surface area contributed by atoms with Crippen LogP contribution in [0.5, 0.6) is 0 Å². The van der Waals surface area contributed by atoms with Gasteiger partial charge in [-0.3, -0.25) is 19.9 Å². The molecule has 3 aromatic carbocycles. The molecule has 0 saturated carbocycles.